The van der Waals surface area contributed by atoms with Gasteiger partial charge in [-0.1, -0.05) is 12.2 Å². The maximum atomic E-state index is 5.21. The monoisotopic (exact) mass is 276 g/mol. The van der Waals surface area contributed by atoms with E-state index >= 15 is 0 Å². The molecule has 0 spiro atoms. The van der Waals surface area contributed by atoms with Gasteiger partial charge in [0.1, 0.15) is 0 Å². The van der Waals surface area contributed by atoms with E-state index in [1.165, 1.54) is 0 Å². The van der Waals surface area contributed by atoms with Crippen molar-refractivity contribution in [3.05, 3.63) is 12.2 Å². The van der Waals surface area contributed by atoms with Gasteiger partial charge in [0.05, 0.1) is 0 Å². The van der Waals surface area contributed by atoms with Gasteiger partial charge < -0.3 is 0 Å². The molecule has 0 saturated heterocycles. The molecule has 2 radical (unpaired) electrons. The Labute approximate surface area is 79.7 Å². The van der Waals surface area contributed by atoms with Crippen molar-refractivity contribution in [2.75, 3.05) is 5.88 Å². The van der Waals surface area contributed by atoms with E-state index < -0.39 is 0 Å². The van der Waals surface area contributed by atoms with Crippen LogP contribution in [0, 0.1) is 0 Å². The van der Waals surface area contributed by atoms with Crippen molar-refractivity contribution in [2.45, 2.75) is 16.8 Å². The Kier molecular flexibility index (Phi) is 42.3. The van der Waals surface area contributed by atoms with Gasteiger partial charge in [-0.05, 0) is 6.92 Å². The molecule has 0 amide bonds. The van der Waals surface area contributed by atoms with Crippen molar-refractivity contribution in [1.82, 2.24) is 0 Å². The molecule has 0 aromatic heterocycles. The van der Waals surface area contributed by atoms with E-state index in [9.17, 15) is 0 Å². The van der Waals surface area contributed by atoms with Crippen LogP contribution in [-0.2, 0) is 0 Å². The van der Waals surface area contributed by atoms with Gasteiger partial charge in [-0.2, -0.15) is 0 Å². The van der Waals surface area contributed by atoms with Gasteiger partial charge in [-0.3, -0.25) is 0 Å². The number of hydrogen-bond acceptors (Lipinski definition) is 0. The number of halogens is 2. The van der Waals surface area contributed by atoms with Crippen LogP contribution in [0.5, 0.6) is 0 Å². The van der Waals surface area contributed by atoms with Crippen LogP contribution in [0.4, 0.5) is 0 Å². The van der Waals surface area contributed by atoms with Crippen LogP contribution < -0.4 is 0 Å². The van der Waals surface area contributed by atoms with Crippen LogP contribution in [0.15, 0.2) is 12.2 Å². The summed E-state index contributed by atoms with van der Waals surface area (Å²) in [6, 6.07) is 0. The van der Waals surface area contributed by atoms with Crippen LogP contribution >= 0.6 is 24.0 Å². The summed E-state index contributed by atoms with van der Waals surface area (Å²) in [7, 11) is 0. The second kappa shape index (κ2) is 22.9. The molecule has 0 bridgehead atoms. The maximum absolute atomic E-state index is 5.21. The summed E-state index contributed by atoms with van der Waals surface area (Å²) < 4.78 is 0. The van der Waals surface area contributed by atoms with Gasteiger partial charge in [0.25, 0.3) is 0 Å². The van der Waals surface area contributed by atoms with Crippen LogP contribution in [0.1, 0.15) is 6.92 Å². The molecule has 0 aliphatic rings. The molecule has 0 aromatic carbocycles. The predicted molar refractivity (Wildman–Crippen MR) is 50.3 cm³/mol. The molecule has 0 rings (SSSR count). The van der Waals surface area contributed by atoms with Crippen molar-refractivity contribution in [3.8, 4) is 0 Å². The normalized spacial score (nSPS) is 7.56. The summed E-state index contributed by atoms with van der Waals surface area (Å²) in [5.41, 5.74) is 0. The van der Waals surface area contributed by atoms with Crippen molar-refractivity contribution < 1.29 is 0 Å². The summed E-state index contributed by atoms with van der Waals surface area (Å²) in [4.78, 5) is 4.59. The standard InChI is InChI=1S/C4H7Cl.2CH3.ClH.Sn/c1-2-3-4-5;;;;/h2-3H,4H2,1H3;2*1H3;1H;/b3-2+;;;;. The number of rotatable bonds is 1. The van der Waals surface area contributed by atoms with Crippen LogP contribution in [-0.4, -0.2) is 27.0 Å². The Morgan fingerprint density at radius 1 is 1.44 bits per heavy atom. The molecule has 0 aliphatic heterocycles. The quantitative estimate of drug-likeness (QED) is 0.392. The number of alkyl halides is 1. The third-order valence-electron chi connectivity index (χ3n) is 0.325. The van der Waals surface area contributed by atoms with E-state index in [1.54, 1.807) is 0 Å². The van der Waals surface area contributed by atoms with Crippen molar-refractivity contribution in [1.29, 1.82) is 0 Å². The Bertz CT molecular complexity index is 46.3. The van der Waals surface area contributed by atoms with E-state index in [2.05, 4.69) is 9.88 Å². The molecule has 0 aliphatic carbocycles. The zero-order valence-corrected chi connectivity index (χ0v) is 10.6. The predicted octanol–water partition coefficient (Wildman–Crippen LogP) is 3.01. The fourth-order valence-electron chi connectivity index (χ4n) is 0.0891. The van der Waals surface area contributed by atoms with Gasteiger partial charge in [0, 0.05) is 5.88 Å². The molecule has 0 heterocycles. The Hall–Kier alpha value is 1.12. The number of allylic oxidation sites excluding steroid dienone is 2. The minimum absolute atomic E-state index is 0. The van der Waals surface area contributed by atoms with E-state index in [-0.39, 0.29) is 33.5 Å². The van der Waals surface area contributed by atoms with E-state index in [4.69, 9.17) is 11.6 Å². The molecule has 0 nitrogen and oxygen atoms in total. The molecule has 0 fully saturated rings. The Morgan fingerprint density at radius 3 is 1.78 bits per heavy atom. The molecule has 56 valence electrons. The first-order valence-corrected chi connectivity index (χ1v) is 8.83. The van der Waals surface area contributed by atoms with Gasteiger partial charge in [-0.25, -0.2) is 0 Å². The fourth-order valence-corrected chi connectivity index (χ4v) is 0.267. The van der Waals surface area contributed by atoms with Crippen LogP contribution in [0.3, 0.4) is 0 Å². The van der Waals surface area contributed by atoms with Crippen molar-refractivity contribution in [2.24, 2.45) is 0 Å². The fraction of sp³-hybridized carbons (Fsp3) is 0.667. The van der Waals surface area contributed by atoms with E-state index in [0.29, 0.717) is 5.88 Å². The SMILES string of the molecule is C/C=C/CCl.Cl.[CH3][Sn][CH3]. The second-order valence-corrected chi connectivity index (χ2v) is 4.39. The molecular weight excluding hydrogens is 262 g/mol. The zero-order valence-electron chi connectivity index (χ0n) is 6.15. The molecule has 0 aromatic rings. The van der Waals surface area contributed by atoms with Crippen molar-refractivity contribution in [3.63, 3.8) is 0 Å². The van der Waals surface area contributed by atoms with Gasteiger partial charge in [0.2, 0.25) is 0 Å². The second-order valence-electron chi connectivity index (χ2n) is 1.22. The molecule has 0 saturated carbocycles. The summed E-state index contributed by atoms with van der Waals surface area (Å²) in [5.74, 6) is 0.635. The molecule has 0 atom stereocenters. The van der Waals surface area contributed by atoms with E-state index in [0.717, 1.165) is 0 Å². The van der Waals surface area contributed by atoms with E-state index in [1.807, 2.05) is 19.1 Å². The van der Waals surface area contributed by atoms with Gasteiger partial charge in [-0.15, -0.1) is 24.0 Å². The molecular formula is C6H14Cl2Sn. The first kappa shape index (κ1) is 16.6. The molecule has 0 N–H and O–H groups in total. The molecule has 9 heavy (non-hydrogen) atoms. The Balaban J connectivity index is -0.0000000800. The first-order chi connectivity index (χ1) is 3.83. The van der Waals surface area contributed by atoms with Crippen molar-refractivity contribution >= 4 is 45.2 Å². The van der Waals surface area contributed by atoms with Gasteiger partial charge in [0.15, 0.2) is 0 Å². The summed E-state index contributed by atoms with van der Waals surface area (Å²) in [6.07, 6.45) is 3.81. The summed E-state index contributed by atoms with van der Waals surface area (Å²) in [5, 5.41) is 0. The summed E-state index contributed by atoms with van der Waals surface area (Å²) >= 11 is 5.44. The first-order valence-electron chi connectivity index (χ1n) is 2.59. The summed E-state index contributed by atoms with van der Waals surface area (Å²) in [6.45, 7) is 1.95. The minimum atomic E-state index is 0. The van der Waals surface area contributed by atoms with Gasteiger partial charge >= 0.3 is 31.0 Å². The third kappa shape index (κ3) is 47.5. The van der Waals surface area contributed by atoms with Crippen LogP contribution in [0.25, 0.3) is 0 Å². The Morgan fingerprint density at radius 2 is 1.78 bits per heavy atom. The van der Waals surface area contributed by atoms with Crippen LogP contribution in [0.2, 0.25) is 9.88 Å². The average Bonchev–Trinajstić information content (AvgIpc) is 1.71. The zero-order chi connectivity index (χ0) is 6.83. The topological polar surface area (TPSA) is 0 Å². The molecule has 0 unspecified atom stereocenters. The number of hydrogen-bond donors (Lipinski definition) is 0. The third-order valence-corrected chi connectivity index (χ3v) is 0.503. The average molecular weight is 276 g/mol. The molecule has 3 heteroatoms.